The van der Waals surface area contributed by atoms with E-state index in [2.05, 4.69) is 20.9 Å². The highest BCUT2D eigenvalue weighted by Crippen LogP contribution is 2.34. The number of ketones is 3. The van der Waals surface area contributed by atoms with Gasteiger partial charge in [0.15, 0.2) is 17.3 Å². The van der Waals surface area contributed by atoms with E-state index in [0.29, 0.717) is 12.8 Å². The standard InChI is InChI=1S/C44H62N6O10/c1-44(2,3)38(49-40(56)28(17-11-12-18-36(54)46-4)21-34(52)32-24-47-20-19-30(32)43(59)60)42(58)50-25-29(51)22-33(50)41(57)48-37(27-15-9-6-10-16-27)35(53)23-31(39(45)55)26-13-7-5-8-14-26/h12,18-20,24,26-28,31,33,37-38H,5-11,13-17,21-23,25H2,1-4H3,(H2,45,55)(H,46,54)(H,48,57)(H,49,56)(H,59,60)/b18-12+/t28-,31+,33+,37+,38-/m1/s1. The summed E-state index contributed by atoms with van der Waals surface area (Å²) in [4.78, 5) is 125. The largest absolute Gasteiger partial charge is 0.478 e. The second-order valence-corrected chi connectivity index (χ2v) is 17.6. The number of amides is 5. The van der Waals surface area contributed by atoms with Crippen LogP contribution in [0.3, 0.4) is 0 Å². The van der Waals surface area contributed by atoms with Gasteiger partial charge in [0.25, 0.3) is 0 Å². The average molecular weight is 835 g/mol. The number of pyridine rings is 1. The Morgan fingerprint density at radius 2 is 1.55 bits per heavy atom. The van der Waals surface area contributed by atoms with Crippen molar-refractivity contribution in [2.45, 2.75) is 135 Å². The molecule has 1 aromatic rings. The second kappa shape index (κ2) is 21.8. The van der Waals surface area contributed by atoms with E-state index >= 15 is 0 Å². The van der Waals surface area contributed by atoms with Gasteiger partial charge in [-0.25, -0.2) is 4.79 Å². The van der Waals surface area contributed by atoms with E-state index in [1.54, 1.807) is 20.8 Å². The second-order valence-electron chi connectivity index (χ2n) is 17.6. The monoisotopic (exact) mass is 834 g/mol. The molecule has 0 unspecified atom stereocenters. The molecule has 16 heteroatoms. The van der Waals surface area contributed by atoms with Crippen LogP contribution in [0.5, 0.6) is 0 Å². The fourth-order valence-corrected chi connectivity index (χ4v) is 8.82. The number of likely N-dealkylation sites (tertiary alicyclic amines) is 1. The number of Topliss-reactive ketones (excluding diaryl/α,β-unsaturated/α-hetero) is 3. The Morgan fingerprint density at radius 3 is 2.13 bits per heavy atom. The molecule has 16 nitrogen and oxygen atoms in total. The van der Waals surface area contributed by atoms with Gasteiger partial charge in [0, 0.05) is 50.5 Å². The summed E-state index contributed by atoms with van der Waals surface area (Å²) in [5.41, 5.74) is 4.39. The van der Waals surface area contributed by atoms with Crippen LogP contribution in [0.2, 0.25) is 0 Å². The summed E-state index contributed by atoms with van der Waals surface area (Å²) >= 11 is 0. The fraction of sp³-hybridized carbons (Fsp3) is 0.636. The van der Waals surface area contributed by atoms with Crippen molar-refractivity contribution < 1.29 is 48.3 Å². The van der Waals surface area contributed by atoms with Gasteiger partial charge in [-0.2, -0.15) is 0 Å². The third-order valence-electron chi connectivity index (χ3n) is 12.3. The number of primary amides is 1. The first-order valence-electron chi connectivity index (χ1n) is 21.3. The smallest absolute Gasteiger partial charge is 0.336 e. The molecule has 5 amide bonds. The Labute approximate surface area is 351 Å². The Hall–Kier alpha value is -5.28. The van der Waals surface area contributed by atoms with Gasteiger partial charge in [0.1, 0.15) is 12.1 Å². The van der Waals surface area contributed by atoms with Crippen LogP contribution in [-0.4, -0.2) is 99.6 Å². The molecule has 6 N–H and O–H groups in total. The zero-order valence-corrected chi connectivity index (χ0v) is 35.3. The van der Waals surface area contributed by atoms with Crippen LogP contribution in [0.1, 0.15) is 138 Å². The molecule has 5 atom stereocenters. The molecule has 0 aromatic carbocycles. The minimum Gasteiger partial charge on any atom is -0.478 e. The third-order valence-corrected chi connectivity index (χ3v) is 12.3. The molecule has 3 fully saturated rings. The molecule has 1 aromatic heterocycles. The van der Waals surface area contributed by atoms with Crippen LogP contribution in [-0.2, 0) is 33.6 Å². The highest BCUT2D eigenvalue weighted by Gasteiger charge is 2.46. The molecular formula is C44H62N6O10. The minimum atomic E-state index is -1.35. The van der Waals surface area contributed by atoms with Gasteiger partial charge in [0.2, 0.25) is 29.5 Å². The quantitative estimate of drug-likeness (QED) is 0.0997. The molecule has 4 rings (SSSR count). The molecular weight excluding hydrogens is 773 g/mol. The highest BCUT2D eigenvalue weighted by molar-refractivity contribution is 6.07. The number of carboxylic acids is 1. The van der Waals surface area contributed by atoms with Gasteiger partial charge >= 0.3 is 5.97 Å². The Bertz CT molecular complexity index is 1810. The number of hydrogen-bond acceptors (Lipinski definition) is 10. The number of aromatic nitrogens is 1. The van der Waals surface area contributed by atoms with Gasteiger partial charge in [-0.05, 0) is 67.9 Å². The number of carbonyl (C=O) groups is 9. The molecule has 0 bridgehead atoms. The first-order chi connectivity index (χ1) is 28.4. The Morgan fingerprint density at radius 1 is 0.917 bits per heavy atom. The molecule has 0 spiro atoms. The van der Waals surface area contributed by atoms with Crippen molar-refractivity contribution in [3.63, 3.8) is 0 Å². The number of likely N-dealkylation sites (N-methyl/N-ethyl adjacent to an activating group) is 1. The highest BCUT2D eigenvalue weighted by atomic mass is 16.4. The number of nitrogens with two attached hydrogens (primary N) is 1. The summed E-state index contributed by atoms with van der Waals surface area (Å²) in [6.07, 6.45) is 13.2. The average Bonchev–Trinajstić information content (AvgIpc) is 3.63. The molecule has 60 heavy (non-hydrogen) atoms. The van der Waals surface area contributed by atoms with E-state index in [1.165, 1.54) is 31.5 Å². The number of carboxylic acid groups (broad SMARTS) is 1. The summed E-state index contributed by atoms with van der Waals surface area (Å²) < 4.78 is 0. The van der Waals surface area contributed by atoms with Crippen molar-refractivity contribution >= 4 is 52.9 Å². The number of hydrogen-bond donors (Lipinski definition) is 5. The molecule has 1 aliphatic heterocycles. The summed E-state index contributed by atoms with van der Waals surface area (Å²) in [5, 5.41) is 17.8. The zero-order valence-electron chi connectivity index (χ0n) is 35.3. The van der Waals surface area contributed by atoms with E-state index < -0.39 is 83.7 Å². The first-order valence-corrected chi connectivity index (χ1v) is 21.3. The summed E-state index contributed by atoms with van der Waals surface area (Å²) in [7, 11) is 1.45. The maximum absolute atomic E-state index is 14.5. The lowest BCUT2D eigenvalue weighted by Gasteiger charge is -2.37. The van der Waals surface area contributed by atoms with Crippen molar-refractivity contribution in [3.8, 4) is 0 Å². The molecule has 2 aliphatic carbocycles. The lowest BCUT2D eigenvalue weighted by Crippen LogP contribution is -2.59. The van der Waals surface area contributed by atoms with Gasteiger partial charge in [-0.1, -0.05) is 65.4 Å². The fourth-order valence-electron chi connectivity index (χ4n) is 8.82. The number of aromatic carboxylic acids is 1. The van der Waals surface area contributed by atoms with Crippen LogP contribution in [0.4, 0.5) is 0 Å². The topological polar surface area (TPSA) is 252 Å². The minimum absolute atomic E-state index is 0.0117. The molecule has 0 radical (unpaired) electrons. The number of allylic oxidation sites excluding steroid dienone is 1. The summed E-state index contributed by atoms with van der Waals surface area (Å²) in [6.45, 7) is 4.69. The predicted octanol–water partition coefficient (Wildman–Crippen LogP) is 3.46. The van der Waals surface area contributed by atoms with E-state index in [1.807, 2.05) is 0 Å². The predicted molar refractivity (Wildman–Crippen MR) is 220 cm³/mol. The summed E-state index contributed by atoms with van der Waals surface area (Å²) in [6, 6.07) is -2.33. The van der Waals surface area contributed by atoms with Crippen LogP contribution in [0.25, 0.3) is 0 Å². The first kappa shape index (κ1) is 47.4. The molecule has 1 saturated heterocycles. The molecule has 2 saturated carbocycles. The van der Waals surface area contributed by atoms with Gasteiger partial charge in [0.05, 0.1) is 23.7 Å². The van der Waals surface area contributed by atoms with Crippen molar-refractivity contribution in [2.75, 3.05) is 13.6 Å². The number of nitrogens with one attached hydrogen (secondary N) is 3. The Kier molecular flexibility index (Phi) is 17.2. The zero-order chi connectivity index (χ0) is 44.1. The van der Waals surface area contributed by atoms with Crippen LogP contribution in [0.15, 0.2) is 30.6 Å². The lowest BCUT2D eigenvalue weighted by molar-refractivity contribution is -0.145. The van der Waals surface area contributed by atoms with Crippen LogP contribution < -0.4 is 21.7 Å². The van der Waals surface area contributed by atoms with E-state index in [9.17, 15) is 48.3 Å². The van der Waals surface area contributed by atoms with E-state index in [0.717, 1.165) is 62.5 Å². The normalized spacial score (nSPS) is 19.8. The number of carbonyl (C=O) groups excluding carboxylic acids is 8. The SMILES string of the molecule is CNC(=O)/C=C/CC[C@H](CC(=O)c1cnccc1C(=O)O)C(=O)N[C@H](C(=O)N1CC(=O)C[C@H]1C(=O)N[C@H](C(=O)C[C@H](C(N)=O)C1CCCCC1)C1CCCCC1)C(C)(C)C. The van der Waals surface area contributed by atoms with Crippen LogP contribution in [0, 0.1) is 29.1 Å². The van der Waals surface area contributed by atoms with Crippen molar-refractivity contribution in [1.29, 1.82) is 0 Å². The van der Waals surface area contributed by atoms with E-state index in [-0.39, 0.29) is 66.1 Å². The summed E-state index contributed by atoms with van der Waals surface area (Å²) in [5.74, 6) is -7.65. The van der Waals surface area contributed by atoms with Crippen LogP contribution >= 0.6 is 0 Å². The number of nitrogens with zero attached hydrogens (tertiary/aromatic N) is 2. The van der Waals surface area contributed by atoms with Crippen molar-refractivity contribution in [3.05, 3.63) is 41.7 Å². The lowest BCUT2D eigenvalue weighted by atomic mass is 9.75. The molecule has 3 aliphatic rings. The third kappa shape index (κ3) is 12.9. The molecule has 328 valence electrons. The Balaban J connectivity index is 1.57. The van der Waals surface area contributed by atoms with Gasteiger partial charge in [-0.3, -0.25) is 43.3 Å². The molecule has 2 heterocycles. The van der Waals surface area contributed by atoms with Crippen molar-refractivity contribution in [1.82, 2.24) is 25.8 Å². The maximum Gasteiger partial charge on any atom is 0.336 e. The maximum atomic E-state index is 14.5. The van der Waals surface area contributed by atoms with E-state index in [4.69, 9.17) is 5.73 Å². The van der Waals surface area contributed by atoms with Gasteiger partial charge in [-0.15, -0.1) is 0 Å². The number of rotatable bonds is 19. The van der Waals surface area contributed by atoms with Crippen molar-refractivity contribution in [2.24, 2.45) is 34.8 Å². The van der Waals surface area contributed by atoms with Gasteiger partial charge < -0.3 is 31.7 Å².